The molecule has 2 N–H and O–H groups in total. The molecule has 0 fully saturated rings. The number of benzene rings is 1. The molecule has 0 saturated heterocycles. The van der Waals surface area contributed by atoms with Crippen molar-refractivity contribution in [2.45, 2.75) is 19.3 Å². The molecule has 70 valence electrons. The molecule has 1 aromatic rings. The van der Waals surface area contributed by atoms with E-state index in [1.54, 1.807) is 6.07 Å². The second-order valence-corrected chi connectivity index (χ2v) is 3.72. The summed E-state index contributed by atoms with van der Waals surface area (Å²) in [5.41, 5.74) is 7.65. The van der Waals surface area contributed by atoms with Gasteiger partial charge in [-0.15, -0.1) is 0 Å². The Labute approximate surface area is 77.8 Å². The van der Waals surface area contributed by atoms with Gasteiger partial charge in [0.1, 0.15) is 5.82 Å². The second-order valence-electron chi connectivity index (χ2n) is 3.72. The number of hydrogen-bond donors (Lipinski definition) is 1. The van der Waals surface area contributed by atoms with Gasteiger partial charge in [0.2, 0.25) is 0 Å². The highest BCUT2D eigenvalue weighted by molar-refractivity contribution is 5.31. The predicted octanol–water partition coefficient (Wildman–Crippen LogP) is 1.89. The summed E-state index contributed by atoms with van der Waals surface area (Å²) in [4.78, 5) is 0. The lowest BCUT2D eigenvalue weighted by Crippen LogP contribution is -2.22. The van der Waals surface area contributed by atoms with Crippen LogP contribution in [0.3, 0.4) is 0 Å². The van der Waals surface area contributed by atoms with Crippen molar-refractivity contribution in [3.63, 3.8) is 0 Å². The van der Waals surface area contributed by atoms with Crippen LogP contribution in [-0.4, -0.2) is 6.54 Å². The minimum absolute atomic E-state index is 0.0596. The smallest absolute Gasteiger partial charge is 0.126 e. The van der Waals surface area contributed by atoms with Gasteiger partial charge in [0.25, 0.3) is 0 Å². The summed E-state index contributed by atoms with van der Waals surface area (Å²) in [7, 11) is 0. The third-order valence-electron chi connectivity index (χ3n) is 2.86. The first-order valence-electron chi connectivity index (χ1n) is 4.77. The fourth-order valence-corrected chi connectivity index (χ4v) is 2.02. The Balaban J connectivity index is 2.32. The molecule has 0 heterocycles. The number of aryl methyl sites for hydroxylation is 1. The molecule has 1 aliphatic carbocycles. The number of fused-ring (bicyclic) bond motifs is 1. The molecular formula is C11H14FN. The monoisotopic (exact) mass is 179 g/mol. The molecule has 13 heavy (non-hydrogen) atoms. The van der Waals surface area contributed by atoms with E-state index in [9.17, 15) is 4.39 Å². The van der Waals surface area contributed by atoms with Crippen LogP contribution in [0.15, 0.2) is 18.2 Å². The number of halogens is 1. The van der Waals surface area contributed by atoms with Crippen LogP contribution >= 0.6 is 0 Å². The van der Waals surface area contributed by atoms with E-state index in [4.69, 9.17) is 5.73 Å². The van der Waals surface area contributed by atoms with Gasteiger partial charge in [-0.2, -0.15) is 0 Å². The Hall–Kier alpha value is -0.890. The minimum Gasteiger partial charge on any atom is -0.330 e. The quantitative estimate of drug-likeness (QED) is 0.700. The van der Waals surface area contributed by atoms with Crippen molar-refractivity contribution in [3.05, 3.63) is 35.1 Å². The fraction of sp³-hybridized carbons (Fsp3) is 0.455. The van der Waals surface area contributed by atoms with E-state index in [1.165, 1.54) is 11.6 Å². The Morgan fingerprint density at radius 2 is 2.31 bits per heavy atom. The first-order chi connectivity index (χ1) is 6.31. The van der Waals surface area contributed by atoms with Gasteiger partial charge in [-0.3, -0.25) is 0 Å². The molecule has 0 bridgehead atoms. The average molecular weight is 179 g/mol. The first kappa shape index (κ1) is 8.70. The molecule has 0 saturated carbocycles. The maximum Gasteiger partial charge on any atom is 0.126 e. The molecule has 1 unspecified atom stereocenters. The van der Waals surface area contributed by atoms with Crippen LogP contribution in [-0.2, 0) is 12.8 Å². The zero-order valence-corrected chi connectivity index (χ0v) is 7.59. The summed E-state index contributed by atoms with van der Waals surface area (Å²) < 4.78 is 13.3. The van der Waals surface area contributed by atoms with Gasteiger partial charge in [-0.05, 0) is 48.9 Å². The molecular weight excluding hydrogens is 165 g/mol. The third kappa shape index (κ3) is 1.59. The van der Waals surface area contributed by atoms with Crippen LogP contribution in [0, 0.1) is 11.7 Å². The molecule has 2 heteroatoms. The largest absolute Gasteiger partial charge is 0.330 e. The standard InChI is InChI=1S/C11H14FN/c12-11-3-1-2-9-5-4-8(7-13)6-10(9)11/h1-3,8H,4-7,13H2. The summed E-state index contributed by atoms with van der Waals surface area (Å²) in [5.74, 6) is 0.417. The SMILES string of the molecule is NCC1CCc2cccc(F)c2C1. The summed E-state index contributed by atoms with van der Waals surface area (Å²) in [5, 5.41) is 0. The van der Waals surface area contributed by atoms with Crippen molar-refractivity contribution >= 4 is 0 Å². The number of nitrogens with two attached hydrogens (primary N) is 1. The Bertz CT molecular complexity index is 309. The van der Waals surface area contributed by atoms with Crippen molar-refractivity contribution in [1.82, 2.24) is 0 Å². The van der Waals surface area contributed by atoms with Crippen LogP contribution < -0.4 is 5.73 Å². The molecule has 0 amide bonds. The van der Waals surface area contributed by atoms with E-state index >= 15 is 0 Å². The normalized spacial score (nSPS) is 21.2. The summed E-state index contributed by atoms with van der Waals surface area (Å²) in [6.45, 7) is 0.674. The van der Waals surface area contributed by atoms with Crippen LogP contribution in [0.25, 0.3) is 0 Å². The molecule has 0 radical (unpaired) electrons. The zero-order valence-electron chi connectivity index (χ0n) is 7.59. The lowest BCUT2D eigenvalue weighted by Gasteiger charge is -2.23. The highest BCUT2D eigenvalue weighted by Crippen LogP contribution is 2.26. The van der Waals surface area contributed by atoms with Gasteiger partial charge in [-0.1, -0.05) is 12.1 Å². The van der Waals surface area contributed by atoms with E-state index in [1.807, 2.05) is 6.07 Å². The van der Waals surface area contributed by atoms with Gasteiger partial charge >= 0.3 is 0 Å². The first-order valence-corrected chi connectivity index (χ1v) is 4.77. The van der Waals surface area contributed by atoms with Crippen LogP contribution in [0.2, 0.25) is 0 Å². The van der Waals surface area contributed by atoms with Crippen molar-refractivity contribution in [2.75, 3.05) is 6.54 Å². The van der Waals surface area contributed by atoms with Crippen molar-refractivity contribution in [2.24, 2.45) is 11.7 Å². The van der Waals surface area contributed by atoms with Gasteiger partial charge in [-0.25, -0.2) is 4.39 Å². The number of rotatable bonds is 1. The van der Waals surface area contributed by atoms with E-state index in [2.05, 4.69) is 0 Å². The third-order valence-corrected chi connectivity index (χ3v) is 2.86. The van der Waals surface area contributed by atoms with Gasteiger partial charge in [0.05, 0.1) is 0 Å². The molecule has 0 spiro atoms. The summed E-state index contributed by atoms with van der Waals surface area (Å²) >= 11 is 0. The van der Waals surface area contributed by atoms with E-state index < -0.39 is 0 Å². The zero-order chi connectivity index (χ0) is 9.26. The minimum atomic E-state index is -0.0596. The van der Waals surface area contributed by atoms with Gasteiger partial charge in [0.15, 0.2) is 0 Å². The summed E-state index contributed by atoms with van der Waals surface area (Å²) in [6.07, 6.45) is 2.90. The second kappa shape index (κ2) is 3.46. The molecule has 1 aliphatic rings. The Morgan fingerprint density at radius 3 is 3.08 bits per heavy atom. The maximum atomic E-state index is 13.3. The molecule has 2 rings (SSSR count). The fourth-order valence-electron chi connectivity index (χ4n) is 2.02. The van der Waals surface area contributed by atoms with Crippen molar-refractivity contribution < 1.29 is 4.39 Å². The molecule has 1 atom stereocenters. The molecule has 1 aromatic carbocycles. The van der Waals surface area contributed by atoms with Gasteiger partial charge < -0.3 is 5.73 Å². The van der Waals surface area contributed by atoms with Crippen LogP contribution in [0.5, 0.6) is 0 Å². The van der Waals surface area contributed by atoms with Crippen molar-refractivity contribution in [3.8, 4) is 0 Å². The van der Waals surface area contributed by atoms with Gasteiger partial charge in [0, 0.05) is 0 Å². The van der Waals surface area contributed by atoms with E-state index in [0.29, 0.717) is 12.5 Å². The van der Waals surface area contributed by atoms with Crippen LogP contribution in [0.1, 0.15) is 17.5 Å². The number of hydrogen-bond acceptors (Lipinski definition) is 1. The van der Waals surface area contributed by atoms with E-state index in [0.717, 1.165) is 24.8 Å². The lowest BCUT2D eigenvalue weighted by molar-refractivity contribution is 0.452. The molecule has 0 aromatic heterocycles. The Morgan fingerprint density at radius 1 is 1.46 bits per heavy atom. The Kier molecular flexibility index (Phi) is 2.32. The maximum absolute atomic E-state index is 13.3. The van der Waals surface area contributed by atoms with Crippen molar-refractivity contribution in [1.29, 1.82) is 0 Å². The highest BCUT2D eigenvalue weighted by Gasteiger charge is 2.19. The van der Waals surface area contributed by atoms with E-state index in [-0.39, 0.29) is 5.82 Å². The summed E-state index contributed by atoms with van der Waals surface area (Å²) in [6, 6.07) is 5.35. The molecule has 0 aliphatic heterocycles. The average Bonchev–Trinajstić information content (AvgIpc) is 2.18. The highest BCUT2D eigenvalue weighted by atomic mass is 19.1. The topological polar surface area (TPSA) is 26.0 Å². The molecule has 1 nitrogen and oxygen atoms in total. The van der Waals surface area contributed by atoms with Crippen LogP contribution in [0.4, 0.5) is 4.39 Å². The predicted molar refractivity (Wildman–Crippen MR) is 51.0 cm³/mol. The lowest BCUT2D eigenvalue weighted by atomic mass is 9.84.